The maximum atomic E-state index is 12.4. The van der Waals surface area contributed by atoms with Crippen LogP contribution in [-0.4, -0.2) is 49.3 Å². The van der Waals surface area contributed by atoms with Crippen molar-refractivity contribution in [3.63, 3.8) is 0 Å². The highest BCUT2D eigenvalue weighted by Crippen LogP contribution is 2.43. The van der Waals surface area contributed by atoms with Crippen LogP contribution in [0.2, 0.25) is 0 Å². The van der Waals surface area contributed by atoms with E-state index in [9.17, 15) is 19.0 Å². The van der Waals surface area contributed by atoms with Gasteiger partial charge in [0.1, 0.15) is 6.61 Å². The fourth-order valence-corrected chi connectivity index (χ4v) is 5.53. The van der Waals surface area contributed by atoms with Gasteiger partial charge >= 0.3 is 19.8 Å². The van der Waals surface area contributed by atoms with Gasteiger partial charge in [0.25, 0.3) is 0 Å². The van der Waals surface area contributed by atoms with Gasteiger partial charge in [0.05, 0.1) is 13.2 Å². The highest BCUT2D eigenvalue weighted by Gasteiger charge is 2.25. The van der Waals surface area contributed by atoms with E-state index in [2.05, 4.69) is 27.7 Å². The largest absolute Gasteiger partial charge is 0.472 e. The third-order valence-electron chi connectivity index (χ3n) is 7.35. The lowest BCUT2D eigenvalue weighted by Gasteiger charge is -2.19. The maximum Gasteiger partial charge on any atom is 0.472 e. The lowest BCUT2D eigenvalue weighted by molar-refractivity contribution is -0.161. The lowest BCUT2D eigenvalue weighted by atomic mass is 10.0. The summed E-state index contributed by atoms with van der Waals surface area (Å²) >= 11 is 0. The van der Waals surface area contributed by atoms with E-state index in [0.29, 0.717) is 6.42 Å². The zero-order chi connectivity index (χ0) is 32.2. The normalized spacial score (nSPS) is 13.8. The number of unbranched alkanes of at least 4 members (excludes halogenated alkanes) is 14. The van der Waals surface area contributed by atoms with Crippen LogP contribution in [0.15, 0.2) is 0 Å². The van der Waals surface area contributed by atoms with Gasteiger partial charge in [-0.3, -0.25) is 18.6 Å². The molecule has 0 saturated carbocycles. The minimum absolute atomic E-state index is 0.0559. The summed E-state index contributed by atoms with van der Waals surface area (Å²) in [6.07, 6.45) is 20.2. The predicted molar refractivity (Wildman–Crippen MR) is 174 cm³/mol. The summed E-state index contributed by atoms with van der Waals surface area (Å²) in [6.45, 7) is 8.28. The Hall–Kier alpha value is -0.990. The zero-order valence-corrected chi connectivity index (χ0v) is 28.9. The summed E-state index contributed by atoms with van der Waals surface area (Å²) < 4.78 is 32.5. The van der Waals surface area contributed by atoms with Crippen LogP contribution >= 0.6 is 7.82 Å². The number of hydrogen-bond acceptors (Lipinski definition) is 8. The van der Waals surface area contributed by atoms with Gasteiger partial charge < -0.3 is 20.1 Å². The van der Waals surface area contributed by atoms with Gasteiger partial charge in [-0.1, -0.05) is 130 Å². The van der Waals surface area contributed by atoms with Crippen LogP contribution < -0.4 is 5.73 Å². The Labute approximate surface area is 263 Å². The average Bonchev–Trinajstić information content (AvgIpc) is 2.95. The van der Waals surface area contributed by atoms with Gasteiger partial charge in [0.2, 0.25) is 0 Å². The Morgan fingerprint density at radius 2 is 1.05 bits per heavy atom. The number of rotatable bonds is 31. The van der Waals surface area contributed by atoms with Crippen molar-refractivity contribution in [3.8, 4) is 0 Å². The van der Waals surface area contributed by atoms with E-state index in [1.165, 1.54) is 70.6 Å². The van der Waals surface area contributed by atoms with Crippen LogP contribution in [0.1, 0.15) is 156 Å². The molecule has 0 heterocycles. The van der Waals surface area contributed by atoms with Gasteiger partial charge in [-0.15, -0.1) is 0 Å². The number of esters is 2. The molecule has 0 aliphatic rings. The molecule has 256 valence electrons. The molecular weight excluding hydrogens is 569 g/mol. The van der Waals surface area contributed by atoms with Gasteiger partial charge in [-0.25, -0.2) is 4.57 Å². The van der Waals surface area contributed by atoms with Crippen molar-refractivity contribution < 1.29 is 37.6 Å². The van der Waals surface area contributed by atoms with Crippen LogP contribution in [0, 0.1) is 11.8 Å². The first-order valence-electron chi connectivity index (χ1n) is 17.2. The summed E-state index contributed by atoms with van der Waals surface area (Å²) in [4.78, 5) is 34.5. The number of phosphoric ester groups is 1. The van der Waals surface area contributed by atoms with Crippen LogP contribution in [0.3, 0.4) is 0 Å². The number of hydrogen-bond donors (Lipinski definition) is 2. The molecule has 10 heteroatoms. The SMILES string of the molecule is CC(C)CCCCCCCCCCCC(=O)OCC(COP(=O)(O)OCCN)OC(=O)CCCCCCCCCC(C)C. The summed E-state index contributed by atoms with van der Waals surface area (Å²) in [6, 6.07) is 0. The van der Waals surface area contributed by atoms with E-state index < -0.39 is 26.5 Å². The van der Waals surface area contributed by atoms with Crippen molar-refractivity contribution in [1.82, 2.24) is 0 Å². The summed E-state index contributed by atoms with van der Waals surface area (Å²) in [5, 5.41) is 0. The molecule has 9 nitrogen and oxygen atoms in total. The minimum atomic E-state index is -4.36. The first-order valence-corrected chi connectivity index (χ1v) is 18.7. The number of ether oxygens (including phenoxy) is 2. The van der Waals surface area contributed by atoms with Crippen LogP contribution in [0.5, 0.6) is 0 Å². The van der Waals surface area contributed by atoms with Gasteiger partial charge in [0, 0.05) is 19.4 Å². The second kappa shape index (κ2) is 28.5. The molecule has 0 aliphatic carbocycles. The van der Waals surface area contributed by atoms with E-state index in [0.717, 1.165) is 50.4 Å². The molecule has 0 aliphatic heterocycles. The van der Waals surface area contributed by atoms with E-state index in [1.807, 2.05) is 0 Å². The Morgan fingerprint density at radius 1 is 0.628 bits per heavy atom. The van der Waals surface area contributed by atoms with Crippen molar-refractivity contribution in [2.45, 2.75) is 162 Å². The van der Waals surface area contributed by atoms with E-state index in [1.54, 1.807) is 0 Å². The summed E-state index contributed by atoms with van der Waals surface area (Å²) in [5.41, 5.74) is 5.31. The lowest BCUT2D eigenvalue weighted by Crippen LogP contribution is -2.29. The van der Waals surface area contributed by atoms with Crippen LogP contribution in [0.25, 0.3) is 0 Å². The third-order valence-corrected chi connectivity index (χ3v) is 8.33. The molecule has 0 radical (unpaired) electrons. The number of nitrogens with two attached hydrogens (primary N) is 1. The molecule has 0 spiro atoms. The molecule has 0 bridgehead atoms. The minimum Gasteiger partial charge on any atom is -0.462 e. The van der Waals surface area contributed by atoms with Crippen molar-refractivity contribution in [2.24, 2.45) is 17.6 Å². The Morgan fingerprint density at radius 3 is 1.49 bits per heavy atom. The molecule has 2 atom stereocenters. The molecule has 0 saturated heterocycles. The highest BCUT2D eigenvalue weighted by molar-refractivity contribution is 7.47. The summed E-state index contributed by atoms with van der Waals surface area (Å²) in [7, 11) is -4.36. The van der Waals surface area contributed by atoms with Crippen molar-refractivity contribution >= 4 is 19.8 Å². The molecule has 0 aromatic heterocycles. The van der Waals surface area contributed by atoms with E-state index in [4.69, 9.17) is 24.3 Å². The average molecular weight is 636 g/mol. The molecule has 0 amide bonds. The Balaban J connectivity index is 4.27. The first kappa shape index (κ1) is 42.0. The predicted octanol–water partition coefficient (Wildman–Crippen LogP) is 8.65. The quantitative estimate of drug-likeness (QED) is 0.0436. The second-order valence-electron chi connectivity index (χ2n) is 12.7. The van der Waals surface area contributed by atoms with Gasteiger partial charge in [-0.05, 0) is 24.7 Å². The van der Waals surface area contributed by atoms with Crippen LogP contribution in [0.4, 0.5) is 0 Å². The van der Waals surface area contributed by atoms with Gasteiger partial charge in [0.15, 0.2) is 6.10 Å². The molecule has 3 N–H and O–H groups in total. The second-order valence-corrected chi connectivity index (χ2v) is 14.2. The molecule has 0 aromatic carbocycles. The maximum absolute atomic E-state index is 12.4. The molecule has 43 heavy (non-hydrogen) atoms. The fourth-order valence-electron chi connectivity index (χ4n) is 4.77. The number of carbonyl (C=O) groups is 2. The molecule has 0 aromatic rings. The van der Waals surface area contributed by atoms with E-state index in [-0.39, 0.29) is 38.6 Å². The van der Waals surface area contributed by atoms with Crippen molar-refractivity contribution in [3.05, 3.63) is 0 Å². The number of phosphoric acid groups is 1. The van der Waals surface area contributed by atoms with Crippen molar-refractivity contribution in [2.75, 3.05) is 26.4 Å². The summed E-state index contributed by atoms with van der Waals surface area (Å²) in [5.74, 6) is 0.716. The fraction of sp³-hybridized carbons (Fsp3) is 0.939. The highest BCUT2D eigenvalue weighted by atomic mass is 31.2. The monoisotopic (exact) mass is 635 g/mol. The first-order chi connectivity index (χ1) is 20.6. The Kier molecular flexibility index (Phi) is 27.8. The molecule has 0 rings (SSSR count). The van der Waals surface area contributed by atoms with Crippen molar-refractivity contribution in [1.29, 1.82) is 0 Å². The topological polar surface area (TPSA) is 134 Å². The van der Waals surface area contributed by atoms with Crippen LogP contribution in [-0.2, 0) is 32.7 Å². The Bertz CT molecular complexity index is 719. The van der Waals surface area contributed by atoms with Gasteiger partial charge in [-0.2, -0.15) is 0 Å². The zero-order valence-electron chi connectivity index (χ0n) is 28.0. The molecule has 0 fully saturated rings. The van der Waals surface area contributed by atoms with E-state index >= 15 is 0 Å². The standard InChI is InChI=1S/C33H66NO8P/c1-29(2)21-17-13-9-6-5-7-11-15-19-23-32(35)39-27-31(28-41-43(37,38)40-26-25-34)42-33(36)24-20-16-12-8-10-14-18-22-30(3)4/h29-31H,5-28,34H2,1-4H3,(H,37,38). The molecular formula is C33H66NO8P. The third kappa shape index (κ3) is 30.8. The molecule has 2 unspecified atom stereocenters. The number of carbonyl (C=O) groups excluding carboxylic acids is 2. The smallest absolute Gasteiger partial charge is 0.462 e.